The molecule has 0 unspecified atom stereocenters. The summed E-state index contributed by atoms with van der Waals surface area (Å²) < 4.78 is 29.9. The molecule has 2 aliphatic rings. The summed E-state index contributed by atoms with van der Waals surface area (Å²) in [6, 6.07) is 8.05. The molecule has 7 nitrogen and oxygen atoms in total. The number of morpholine rings is 1. The van der Waals surface area contributed by atoms with Crippen LogP contribution < -0.4 is 15.0 Å². The minimum Gasteiger partial charge on any atom is -0.469 e. The van der Waals surface area contributed by atoms with Crippen molar-refractivity contribution in [1.29, 1.82) is 0 Å². The Labute approximate surface area is 168 Å². The van der Waals surface area contributed by atoms with E-state index in [9.17, 15) is 9.18 Å². The van der Waals surface area contributed by atoms with Gasteiger partial charge in [0.1, 0.15) is 23.3 Å². The fourth-order valence-corrected chi connectivity index (χ4v) is 3.30. The molecule has 2 saturated heterocycles. The minimum atomic E-state index is -0.335. The number of benzene rings is 1. The summed E-state index contributed by atoms with van der Waals surface area (Å²) in [5.41, 5.74) is 1.85. The van der Waals surface area contributed by atoms with Crippen molar-refractivity contribution in [2.45, 2.75) is 19.6 Å². The highest BCUT2D eigenvalue weighted by molar-refractivity contribution is 5.98. The van der Waals surface area contributed by atoms with Crippen molar-refractivity contribution in [3.8, 4) is 5.88 Å². The Bertz CT molecular complexity index is 882. The molecule has 0 saturated carbocycles. The van der Waals surface area contributed by atoms with Crippen molar-refractivity contribution in [2.24, 2.45) is 0 Å². The molecule has 1 N–H and O–H groups in total. The van der Waals surface area contributed by atoms with Gasteiger partial charge in [-0.3, -0.25) is 4.79 Å². The van der Waals surface area contributed by atoms with Crippen molar-refractivity contribution in [1.82, 2.24) is 10.3 Å². The van der Waals surface area contributed by atoms with Gasteiger partial charge in [0, 0.05) is 19.6 Å². The van der Waals surface area contributed by atoms with Gasteiger partial charge < -0.3 is 24.4 Å². The van der Waals surface area contributed by atoms with Crippen molar-refractivity contribution < 1.29 is 23.4 Å². The highest BCUT2D eigenvalue weighted by Crippen LogP contribution is 2.28. The third kappa shape index (κ3) is 4.65. The largest absolute Gasteiger partial charge is 0.469 e. The fourth-order valence-electron chi connectivity index (χ4n) is 3.30. The van der Waals surface area contributed by atoms with Gasteiger partial charge in [-0.2, -0.15) is 4.98 Å². The maximum absolute atomic E-state index is 13.4. The monoisotopic (exact) mass is 401 g/mol. The maximum atomic E-state index is 13.4. The highest BCUT2D eigenvalue weighted by Gasteiger charge is 2.27. The molecule has 1 aromatic carbocycles. The standard InChI is InChI=1S/C21H24FN3O4/c1-14-9-18(25-5-7-27-8-6-25)24-21(29-17-12-28-13-17)19(14)20(26)23-11-15-3-2-4-16(22)10-15/h2-4,9-10,17H,5-8,11-13H2,1H3,(H,23,26). The van der Waals surface area contributed by atoms with Gasteiger partial charge >= 0.3 is 0 Å². The van der Waals surface area contributed by atoms with Crippen LogP contribution in [0.1, 0.15) is 21.5 Å². The lowest BCUT2D eigenvalue weighted by Gasteiger charge is -2.30. The maximum Gasteiger partial charge on any atom is 0.257 e. The number of anilines is 1. The molecule has 29 heavy (non-hydrogen) atoms. The summed E-state index contributed by atoms with van der Waals surface area (Å²) in [5.74, 6) is 0.431. The molecule has 1 aromatic heterocycles. The Morgan fingerprint density at radius 2 is 2.07 bits per heavy atom. The van der Waals surface area contributed by atoms with Gasteiger partial charge in [-0.25, -0.2) is 4.39 Å². The van der Waals surface area contributed by atoms with Gasteiger partial charge in [0.25, 0.3) is 5.91 Å². The number of nitrogens with zero attached hydrogens (tertiary/aromatic N) is 2. The van der Waals surface area contributed by atoms with Gasteiger partial charge in [-0.15, -0.1) is 0 Å². The lowest BCUT2D eigenvalue weighted by Crippen LogP contribution is -2.40. The minimum absolute atomic E-state index is 0.114. The molecule has 0 bridgehead atoms. The second-order valence-corrected chi connectivity index (χ2v) is 7.17. The summed E-state index contributed by atoms with van der Waals surface area (Å²) in [7, 11) is 0. The molecule has 0 radical (unpaired) electrons. The third-order valence-corrected chi connectivity index (χ3v) is 4.96. The molecule has 0 spiro atoms. The Kier molecular flexibility index (Phi) is 5.92. The molecule has 0 atom stereocenters. The number of rotatable bonds is 6. The van der Waals surface area contributed by atoms with E-state index in [0.29, 0.717) is 43.4 Å². The second-order valence-electron chi connectivity index (χ2n) is 7.17. The van der Waals surface area contributed by atoms with Crippen molar-refractivity contribution in [3.05, 3.63) is 52.8 Å². The number of aromatic nitrogens is 1. The number of carbonyl (C=O) groups is 1. The number of hydrogen-bond acceptors (Lipinski definition) is 6. The van der Waals surface area contributed by atoms with Gasteiger partial charge in [-0.1, -0.05) is 12.1 Å². The van der Waals surface area contributed by atoms with Crippen molar-refractivity contribution in [3.63, 3.8) is 0 Å². The predicted molar refractivity (Wildman–Crippen MR) is 105 cm³/mol. The van der Waals surface area contributed by atoms with Crippen LogP contribution in [-0.4, -0.2) is 56.5 Å². The zero-order valence-electron chi connectivity index (χ0n) is 16.3. The van der Waals surface area contributed by atoms with Gasteiger partial charge in [0.2, 0.25) is 5.88 Å². The molecule has 8 heteroatoms. The van der Waals surface area contributed by atoms with Gasteiger partial charge in [-0.05, 0) is 36.2 Å². The zero-order chi connectivity index (χ0) is 20.2. The molecule has 154 valence electrons. The lowest BCUT2D eigenvalue weighted by atomic mass is 10.1. The number of aryl methyl sites for hydroxylation is 1. The van der Waals surface area contributed by atoms with Crippen LogP contribution in [0.5, 0.6) is 5.88 Å². The van der Waals surface area contributed by atoms with E-state index in [0.717, 1.165) is 24.5 Å². The summed E-state index contributed by atoms with van der Waals surface area (Å²) in [6.45, 7) is 5.80. The van der Waals surface area contributed by atoms with E-state index in [-0.39, 0.29) is 24.4 Å². The Morgan fingerprint density at radius 3 is 2.76 bits per heavy atom. The highest BCUT2D eigenvalue weighted by atomic mass is 19.1. The van der Waals surface area contributed by atoms with Crippen LogP contribution in [0.15, 0.2) is 30.3 Å². The second kappa shape index (κ2) is 8.75. The Morgan fingerprint density at radius 1 is 1.28 bits per heavy atom. The summed E-state index contributed by atoms with van der Waals surface area (Å²) in [5, 5.41) is 2.84. The molecule has 0 aliphatic carbocycles. The van der Waals surface area contributed by atoms with E-state index in [1.165, 1.54) is 12.1 Å². The summed E-state index contributed by atoms with van der Waals surface area (Å²) in [6.07, 6.45) is -0.114. The number of ether oxygens (including phenoxy) is 3. The van der Waals surface area contributed by atoms with Crippen LogP contribution in [-0.2, 0) is 16.0 Å². The Hall–Kier alpha value is -2.71. The summed E-state index contributed by atoms with van der Waals surface area (Å²) >= 11 is 0. The summed E-state index contributed by atoms with van der Waals surface area (Å²) in [4.78, 5) is 19.7. The van der Waals surface area contributed by atoms with Crippen LogP contribution in [0, 0.1) is 12.7 Å². The number of nitrogens with one attached hydrogen (secondary N) is 1. The average molecular weight is 401 g/mol. The van der Waals surface area contributed by atoms with Gasteiger partial charge in [0.15, 0.2) is 0 Å². The first-order valence-corrected chi connectivity index (χ1v) is 9.71. The molecular formula is C21H24FN3O4. The van der Waals surface area contributed by atoms with E-state index < -0.39 is 0 Å². The fraction of sp³-hybridized carbons (Fsp3) is 0.429. The molecular weight excluding hydrogens is 377 g/mol. The first-order valence-electron chi connectivity index (χ1n) is 9.71. The van der Waals surface area contributed by atoms with Crippen LogP contribution in [0.3, 0.4) is 0 Å². The molecule has 1 amide bonds. The van der Waals surface area contributed by atoms with Crippen molar-refractivity contribution in [2.75, 3.05) is 44.4 Å². The van der Waals surface area contributed by atoms with E-state index in [1.54, 1.807) is 12.1 Å². The quantitative estimate of drug-likeness (QED) is 0.799. The van der Waals surface area contributed by atoms with Crippen molar-refractivity contribution >= 4 is 11.7 Å². The average Bonchev–Trinajstić information content (AvgIpc) is 2.69. The number of amides is 1. The molecule has 2 fully saturated rings. The van der Waals surface area contributed by atoms with Gasteiger partial charge in [0.05, 0.1) is 26.4 Å². The number of carbonyl (C=O) groups excluding carboxylic acids is 1. The van der Waals surface area contributed by atoms with E-state index in [1.807, 2.05) is 13.0 Å². The number of halogens is 1. The number of hydrogen-bond donors (Lipinski definition) is 1. The zero-order valence-corrected chi connectivity index (χ0v) is 16.3. The topological polar surface area (TPSA) is 72.9 Å². The smallest absolute Gasteiger partial charge is 0.257 e. The van der Waals surface area contributed by atoms with E-state index in [4.69, 9.17) is 14.2 Å². The normalized spacial score (nSPS) is 17.0. The predicted octanol–water partition coefficient (Wildman–Crippen LogP) is 2.07. The first kappa shape index (κ1) is 19.6. The SMILES string of the molecule is Cc1cc(N2CCOCC2)nc(OC2COC2)c1C(=O)NCc1cccc(F)c1. The van der Waals surface area contributed by atoms with E-state index >= 15 is 0 Å². The Balaban J connectivity index is 1.56. The van der Waals surface area contributed by atoms with Crippen LogP contribution >= 0.6 is 0 Å². The number of pyridine rings is 1. The third-order valence-electron chi connectivity index (χ3n) is 4.96. The molecule has 2 aliphatic heterocycles. The van der Waals surface area contributed by atoms with Crippen LogP contribution in [0.4, 0.5) is 10.2 Å². The molecule has 3 heterocycles. The lowest BCUT2D eigenvalue weighted by molar-refractivity contribution is -0.0815. The van der Waals surface area contributed by atoms with Crippen LogP contribution in [0.25, 0.3) is 0 Å². The molecule has 2 aromatic rings. The van der Waals surface area contributed by atoms with E-state index in [2.05, 4.69) is 15.2 Å². The molecule has 4 rings (SSSR count). The van der Waals surface area contributed by atoms with Crippen LogP contribution in [0.2, 0.25) is 0 Å². The first-order chi connectivity index (χ1) is 14.1.